The van der Waals surface area contributed by atoms with Crippen LogP contribution in [0.5, 0.6) is 11.5 Å². The number of halogens is 1. The first-order chi connectivity index (χ1) is 13.0. The number of thioether (sulfide) groups is 1. The minimum absolute atomic E-state index is 0.191. The number of amides is 1. The third-order valence-electron chi connectivity index (χ3n) is 3.19. The Morgan fingerprint density at radius 2 is 2.11 bits per heavy atom. The van der Waals surface area contributed by atoms with Gasteiger partial charge in [-0.25, -0.2) is 4.79 Å². The molecule has 27 heavy (non-hydrogen) atoms. The maximum Gasteiger partial charge on any atom is 0.331 e. The molecule has 1 aromatic carbocycles. The van der Waals surface area contributed by atoms with Crippen LogP contribution in [-0.4, -0.2) is 44.1 Å². The molecule has 0 aromatic heterocycles. The average Bonchev–Trinajstić information content (AvgIpc) is 3.00. The molecular weight excluding hydrogens is 438 g/mol. The Morgan fingerprint density at radius 1 is 1.33 bits per heavy atom. The van der Waals surface area contributed by atoms with Gasteiger partial charge in [0.05, 0.1) is 31.9 Å². The van der Waals surface area contributed by atoms with Crippen molar-refractivity contribution in [2.45, 2.75) is 13.3 Å². The monoisotopic (exact) mass is 455 g/mol. The van der Waals surface area contributed by atoms with Crippen molar-refractivity contribution in [3.63, 3.8) is 0 Å². The fourth-order valence-electron chi connectivity index (χ4n) is 1.92. The number of carbonyl (C=O) groups excluding carboxylic acids is 2. The molecule has 0 saturated carbocycles. The van der Waals surface area contributed by atoms with Crippen molar-refractivity contribution < 1.29 is 23.8 Å². The lowest BCUT2D eigenvalue weighted by atomic mass is 10.2. The van der Waals surface area contributed by atoms with E-state index in [1.54, 1.807) is 19.2 Å². The number of hydrogen-bond donors (Lipinski definition) is 1. The maximum absolute atomic E-state index is 11.8. The first kappa shape index (κ1) is 21.0. The summed E-state index contributed by atoms with van der Waals surface area (Å²) in [5.74, 6) is 0.164. The molecule has 0 radical (unpaired) electrons. The lowest BCUT2D eigenvalue weighted by Crippen LogP contribution is -2.19. The van der Waals surface area contributed by atoms with Gasteiger partial charge in [-0.05, 0) is 46.2 Å². The molecule has 0 aliphatic carbocycles. The number of carbonyl (C=O) groups is 2. The van der Waals surface area contributed by atoms with Crippen molar-refractivity contribution in [2.24, 2.45) is 10.2 Å². The van der Waals surface area contributed by atoms with Crippen LogP contribution in [0.25, 0.3) is 0 Å². The lowest BCUT2D eigenvalue weighted by molar-refractivity contribution is -0.135. The predicted molar refractivity (Wildman–Crippen MR) is 107 cm³/mol. The highest BCUT2D eigenvalue weighted by Crippen LogP contribution is 2.33. The molecule has 1 amide bonds. The third kappa shape index (κ3) is 5.83. The van der Waals surface area contributed by atoms with Crippen molar-refractivity contribution in [1.82, 2.24) is 5.32 Å². The molecule has 144 valence electrons. The first-order valence-corrected chi connectivity index (χ1v) is 9.49. The summed E-state index contributed by atoms with van der Waals surface area (Å²) in [5, 5.41) is 10.7. The molecule has 0 bridgehead atoms. The van der Waals surface area contributed by atoms with Crippen molar-refractivity contribution in [3.8, 4) is 11.5 Å². The number of rotatable bonds is 7. The van der Waals surface area contributed by atoms with Gasteiger partial charge in [-0.2, -0.15) is 5.10 Å². The van der Waals surface area contributed by atoms with Crippen molar-refractivity contribution in [1.29, 1.82) is 0 Å². The van der Waals surface area contributed by atoms with E-state index in [-0.39, 0.29) is 10.1 Å². The zero-order valence-electron chi connectivity index (χ0n) is 14.9. The van der Waals surface area contributed by atoms with E-state index in [1.165, 1.54) is 13.3 Å². The molecule has 1 saturated heterocycles. The standard InChI is InChI=1S/C17H18BrN3O5S/c1-4-5-26-13-7-11(18)10(6-12(13)24-2)9-19-21-17-20-16(23)14(27-17)8-15(22)25-3/h6-9H,4-5H2,1-3H3,(H,20,21,23)/b14-8+,19-9?. The van der Waals surface area contributed by atoms with Crippen molar-refractivity contribution >= 4 is 51.0 Å². The van der Waals surface area contributed by atoms with Gasteiger partial charge in [-0.3, -0.25) is 10.1 Å². The van der Waals surface area contributed by atoms with Gasteiger partial charge >= 0.3 is 5.97 Å². The van der Waals surface area contributed by atoms with Gasteiger partial charge in [-0.15, -0.1) is 5.10 Å². The fraction of sp³-hybridized carbons (Fsp3) is 0.294. The summed E-state index contributed by atoms with van der Waals surface area (Å²) >= 11 is 4.46. The van der Waals surface area contributed by atoms with E-state index in [2.05, 4.69) is 36.2 Å². The molecule has 1 fully saturated rings. The van der Waals surface area contributed by atoms with Crippen LogP contribution in [0.4, 0.5) is 0 Å². The van der Waals surface area contributed by atoms with Gasteiger partial charge in [0.2, 0.25) is 0 Å². The summed E-state index contributed by atoms with van der Waals surface area (Å²) in [6, 6.07) is 3.56. The van der Waals surface area contributed by atoms with E-state index in [0.717, 1.165) is 34.3 Å². The number of ether oxygens (including phenoxy) is 3. The number of hydrogen-bond acceptors (Lipinski definition) is 8. The summed E-state index contributed by atoms with van der Waals surface area (Å²) in [6.07, 6.45) is 3.50. The Hall–Kier alpha value is -2.33. The van der Waals surface area contributed by atoms with E-state index >= 15 is 0 Å². The Labute approximate surface area is 169 Å². The molecule has 0 unspecified atom stereocenters. The fourth-order valence-corrected chi connectivity index (χ4v) is 3.08. The second-order valence-electron chi connectivity index (χ2n) is 5.11. The Morgan fingerprint density at radius 3 is 2.78 bits per heavy atom. The molecule has 0 atom stereocenters. The van der Waals surface area contributed by atoms with Gasteiger partial charge in [0.1, 0.15) is 0 Å². The third-order valence-corrected chi connectivity index (χ3v) is 4.78. The smallest absolute Gasteiger partial charge is 0.331 e. The van der Waals surface area contributed by atoms with Gasteiger partial charge in [-0.1, -0.05) is 6.92 Å². The zero-order chi connectivity index (χ0) is 19.8. The topological polar surface area (TPSA) is 98.6 Å². The molecule has 8 nitrogen and oxygen atoms in total. The number of amidine groups is 1. The van der Waals surface area contributed by atoms with E-state index < -0.39 is 11.9 Å². The van der Waals surface area contributed by atoms with Gasteiger partial charge in [0.15, 0.2) is 16.7 Å². The Bertz CT molecular complexity index is 823. The molecule has 2 rings (SSSR count). The summed E-state index contributed by atoms with van der Waals surface area (Å²) < 4.78 is 16.2. The highest BCUT2D eigenvalue weighted by atomic mass is 79.9. The van der Waals surface area contributed by atoms with Gasteiger partial charge in [0, 0.05) is 16.1 Å². The summed E-state index contributed by atoms with van der Waals surface area (Å²) in [6.45, 7) is 2.61. The van der Waals surface area contributed by atoms with Crippen LogP contribution in [0.3, 0.4) is 0 Å². The molecule has 1 N–H and O–H groups in total. The predicted octanol–water partition coefficient (Wildman–Crippen LogP) is 2.86. The van der Waals surface area contributed by atoms with Crippen molar-refractivity contribution in [3.05, 3.63) is 33.2 Å². The molecule has 1 aromatic rings. The quantitative estimate of drug-likeness (QED) is 0.293. The van der Waals surface area contributed by atoms with Crippen LogP contribution in [0.1, 0.15) is 18.9 Å². The number of nitrogens with zero attached hydrogens (tertiary/aromatic N) is 2. The largest absolute Gasteiger partial charge is 0.493 e. The van der Waals surface area contributed by atoms with Gasteiger partial charge < -0.3 is 14.2 Å². The SMILES string of the molecule is CCCOc1cc(Br)c(C=N/N=C2/NC(=O)/C(=C\C(=O)OC)S2)cc1OC. The minimum atomic E-state index is -0.612. The Kier molecular flexibility index (Phi) is 7.86. The van der Waals surface area contributed by atoms with Crippen molar-refractivity contribution in [2.75, 3.05) is 20.8 Å². The number of esters is 1. The first-order valence-electron chi connectivity index (χ1n) is 7.88. The second kappa shape index (κ2) is 10.1. The molecular formula is C17H18BrN3O5S. The van der Waals surface area contributed by atoms with Crippen LogP contribution in [0.2, 0.25) is 0 Å². The number of benzene rings is 1. The minimum Gasteiger partial charge on any atom is -0.493 e. The van der Waals surface area contributed by atoms with E-state index in [1.807, 2.05) is 6.92 Å². The molecule has 1 heterocycles. The summed E-state index contributed by atoms with van der Waals surface area (Å²) in [5.41, 5.74) is 0.722. The van der Waals surface area contributed by atoms with Crippen LogP contribution >= 0.6 is 27.7 Å². The van der Waals surface area contributed by atoms with E-state index in [9.17, 15) is 9.59 Å². The highest BCUT2D eigenvalue weighted by molar-refractivity contribution is 9.10. The normalized spacial score (nSPS) is 16.8. The van der Waals surface area contributed by atoms with E-state index in [4.69, 9.17) is 9.47 Å². The zero-order valence-corrected chi connectivity index (χ0v) is 17.3. The van der Waals surface area contributed by atoms with E-state index in [0.29, 0.717) is 18.1 Å². The molecule has 0 spiro atoms. The summed E-state index contributed by atoms with van der Waals surface area (Å²) in [4.78, 5) is 23.2. The van der Waals surface area contributed by atoms with Gasteiger partial charge in [0.25, 0.3) is 5.91 Å². The lowest BCUT2D eigenvalue weighted by Gasteiger charge is -2.11. The molecule has 1 aliphatic rings. The number of methoxy groups -OCH3 is 2. The highest BCUT2D eigenvalue weighted by Gasteiger charge is 2.25. The van der Waals surface area contributed by atoms with Crippen LogP contribution in [0, 0.1) is 0 Å². The second-order valence-corrected chi connectivity index (χ2v) is 7.00. The van der Waals surface area contributed by atoms with Crippen LogP contribution < -0.4 is 14.8 Å². The van der Waals surface area contributed by atoms with Crippen LogP contribution in [-0.2, 0) is 14.3 Å². The van der Waals surface area contributed by atoms with Crippen LogP contribution in [0.15, 0.2) is 37.8 Å². The molecule has 1 aliphatic heterocycles. The summed E-state index contributed by atoms with van der Waals surface area (Å²) in [7, 11) is 2.80. The average molecular weight is 456 g/mol. The number of nitrogens with one attached hydrogen (secondary N) is 1. The maximum atomic E-state index is 11.8. The molecule has 10 heteroatoms. The Balaban J connectivity index is 2.14.